The van der Waals surface area contributed by atoms with Crippen LogP contribution >= 0.6 is 23.1 Å². The molecule has 30 heavy (non-hydrogen) atoms. The van der Waals surface area contributed by atoms with Crippen molar-refractivity contribution in [1.82, 2.24) is 25.1 Å². The lowest BCUT2D eigenvalue weighted by molar-refractivity contribution is 0.277. The molecule has 4 rings (SSSR count). The number of nitrogens with zero attached hydrogens (tertiary/aromatic N) is 5. The van der Waals surface area contributed by atoms with Crippen LogP contribution < -0.4 is 10.6 Å². The van der Waals surface area contributed by atoms with Crippen molar-refractivity contribution in [2.24, 2.45) is 0 Å². The minimum Gasteiger partial charge on any atom is -0.482 e. The van der Waals surface area contributed by atoms with Gasteiger partial charge in [-0.3, -0.25) is 0 Å². The molecule has 0 amide bonds. The molecule has 0 bridgehead atoms. The van der Waals surface area contributed by atoms with Gasteiger partial charge in [-0.05, 0) is 37.1 Å². The number of hydrogen-bond acceptors (Lipinski definition) is 9. The molecule has 0 unspecified atom stereocenters. The van der Waals surface area contributed by atoms with E-state index in [-0.39, 0.29) is 12.4 Å². The second kappa shape index (κ2) is 8.84. The van der Waals surface area contributed by atoms with Crippen molar-refractivity contribution in [1.29, 1.82) is 0 Å². The molecule has 3 heterocycles. The van der Waals surface area contributed by atoms with Crippen molar-refractivity contribution in [2.75, 3.05) is 5.84 Å². The van der Waals surface area contributed by atoms with E-state index in [1.165, 1.54) is 39.0 Å². The second-order valence-corrected chi connectivity index (χ2v) is 8.43. The summed E-state index contributed by atoms with van der Waals surface area (Å²) in [7, 11) is 0. The van der Waals surface area contributed by atoms with E-state index < -0.39 is 5.82 Å². The first-order chi connectivity index (χ1) is 14.5. The lowest BCUT2D eigenvalue weighted by Gasteiger charge is -2.06. The fourth-order valence-electron chi connectivity index (χ4n) is 2.72. The lowest BCUT2D eigenvalue weighted by atomic mass is 10.2. The third-order valence-corrected chi connectivity index (χ3v) is 6.57. The quantitative estimate of drug-likeness (QED) is 0.320. The Balaban J connectivity index is 1.38. The van der Waals surface area contributed by atoms with Gasteiger partial charge in [0.1, 0.15) is 6.61 Å². The van der Waals surface area contributed by atoms with Gasteiger partial charge >= 0.3 is 0 Å². The summed E-state index contributed by atoms with van der Waals surface area (Å²) < 4.78 is 26.2. The smallest absolute Gasteiger partial charge is 0.257 e. The number of thiophene rings is 1. The van der Waals surface area contributed by atoms with Gasteiger partial charge in [0.15, 0.2) is 17.4 Å². The predicted molar refractivity (Wildman–Crippen MR) is 112 cm³/mol. The van der Waals surface area contributed by atoms with Crippen molar-refractivity contribution < 1.29 is 13.5 Å². The molecule has 0 aliphatic carbocycles. The maximum absolute atomic E-state index is 13.6. The standard InChI is InChI=1S/C19H19FN6O2S2/c1-3-14-11(2)8-15(30-14)18-24-23-17(28-18)10-29-19-25-22-16(26(19)21)9-27-13-7-5-4-6-12(13)20/h4-8H,3,9-10,21H2,1-2H3. The summed E-state index contributed by atoms with van der Waals surface area (Å²) in [5, 5.41) is 16.7. The molecule has 3 aromatic heterocycles. The summed E-state index contributed by atoms with van der Waals surface area (Å²) in [5.74, 6) is 7.44. The van der Waals surface area contributed by atoms with Crippen molar-refractivity contribution in [3.05, 3.63) is 58.3 Å². The van der Waals surface area contributed by atoms with Gasteiger partial charge in [-0.25, -0.2) is 9.07 Å². The molecule has 156 valence electrons. The Labute approximate surface area is 180 Å². The van der Waals surface area contributed by atoms with Gasteiger partial charge in [0.05, 0.1) is 10.6 Å². The first-order valence-electron chi connectivity index (χ1n) is 9.16. The van der Waals surface area contributed by atoms with E-state index in [4.69, 9.17) is 15.0 Å². The number of ether oxygens (including phenoxy) is 1. The molecule has 8 nitrogen and oxygen atoms in total. The molecule has 1 aromatic carbocycles. The van der Waals surface area contributed by atoms with Gasteiger partial charge in [0.2, 0.25) is 11.0 Å². The molecule has 0 fully saturated rings. The Hall–Kier alpha value is -2.92. The molecule has 11 heteroatoms. The Bertz CT molecular complexity index is 1160. The molecule has 0 aliphatic rings. The largest absolute Gasteiger partial charge is 0.482 e. The Morgan fingerprint density at radius 2 is 2.07 bits per heavy atom. The third kappa shape index (κ3) is 4.31. The van der Waals surface area contributed by atoms with Crippen molar-refractivity contribution in [3.8, 4) is 16.5 Å². The fraction of sp³-hybridized carbons (Fsp3) is 0.263. The molecule has 0 saturated carbocycles. The van der Waals surface area contributed by atoms with Crippen LogP contribution in [0.1, 0.15) is 29.1 Å². The highest BCUT2D eigenvalue weighted by atomic mass is 32.2. The maximum Gasteiger partial charge on any atom is 0.257 e. The summed E-state index contributed by atoms with van der Waals surface area (Å²) in [5.41, 5.74) is 1.23. The van der Waals surface area contributed by atoms with E-state index >= 15 is 0 Å². The topological polar surface area (TPSA) is 105 Å². The van der Waals surface area contributed by atoms with E-state index in [0.29, 0.717) is 28.5 Å². The van der Waals surface area contributed by atoms with E-state index in [9.17, 15) is 4.39 Å². The maximum atomic E-state index is 13.6. The minimum absolute atomic E-state index is 0.00676. The Morgan fingerprint density at radius 3 is 2.83 bits per heavy atom. The molecular weight excluding hydrogens is 427 g/mol. The van der Waals surface area contributed by atoms with Crippen LogP contribution in [0.2, 0.25) is 0 Å². The third-order valence-electron chi connectivity index (χ3n) is 4.27. The van der Waals surface area contributed by atoms with Gasteiger partial charge in [0.25, 0.3) is 5.89 Å². The molecule has 2 N–H and O–H groups in total. The van der Waals surface area contributed by atoms with Crippen LogP contribution in [0, 0.1) is 12.7 Å². The molecule has 0 aliphatic heterocycles. The summed E-state index contributed by atoms with van der Waals surface area (Å²) >= 11 is 2.97. The summed E-state index contributed by atoms with van der Waals surface area (Å²) in [6.45, 7) is 4.19. The average Bonchev–Trinajstić information content (AvgIpc) is 3.45. The first-order valence-corrected chi connectivity index (χ1v) is 11.0. The zero-order valence-corrected chi connectivity index (χ0v) is 18.0. The van der Waals surface area contributed by atoms with Gasteiger partial charge in [0, 0.05) is 4.88 Å². The normalized spacial score (nSPS) is 11.2. The van der Waals surface area contributed by atoms with Crippen LogP contribution in [0.15, 0.2) is 39.9 Å². The van der Waals surface area contributed by atoms with Crippen LogP contribution in [0.5, 0.6) is 5.75 Å². The number of aromatic nitrogens is 5. The van der Waals surface area contributed by atoms with Crippen molar-refractivity contribution >= 4 is 23.1 Å². The highest BCUT2D eigenvalue weighted by Gasteiger charge is 2.16. The summed E-state index contributed by atoms with van der Waals surface area (Å²) in [6.07, 6.45) is 0.975. The Kier molecular flexibility index (Phi) is 6.00. The van der Waals surface area contributed by atoms with Crippen molar-refractivity contribution in [3.63, 3.8) is 0 Å². The second-order valence-electron chi connectivity index (χ2n) is 6.35. The summed E-state index contributed by atoms with van der Waals surface area (Å²) in [6, 6.07) is 8.20. The van der Waals surface area contributed by atoms with Crippen LogP contribution in [-0.4, -0.2) is 25.1 Å². The summed E-state index contributed by atoms with van der Waals surface area (Å²) in [4.78, 5) is 2.27. The molecule has 0 saturated heterocycles. The average molecular weight is 447 g/mol. The zero-order chi connectivity index (χ0) is 21.1. The molecule has 0 atom stereocenters. The molecule has 0 spiro atoms. The zero-order valence-electron chi connectivity index (χ0n) is 16.3. The SMILES string of the molecule is CCc1sc(-c2nnc(CSc3nnc(COc4ccccc4F)n3N)o2)cc1C. The van der Waals surface area contributed by atoms with Gasteiger partial charge in [-0.2, -0.15) is 0 Å². The number of aryl methyl sites for hydroxylation is 2. The fourth-order valence-corrected chi connectivity index (χ4v) is 4.47. The van der Waals surface area contributed by atoms with Gasteiger partial charge < -0.3 is 15.0 Å². The van der Waals surface area contributed by atoms with E-state index in [1.54, 1.807) is 23.5 Å². The van der Waals surface area contributed by atoms with Crippen LogP contribution in [0.4, 0.5) is 4.39 Å². The number of nitrogen functional groups attached to an aromatic ring is 1. The van der Waals surface area contributed by atoms with Crippen LogP contribution in [-0.2, 0) is 18.8 Å². The minimum atomic E-state index is -0.450. The van der Waals surface area contributed by atoms with E-state index in [1.807, 2.05) is 0 Å². The Morgan fingerprint density at radius 1 is 1.23 bits per heavy atom. The number of nitrogens with two attached hydrogens (primary N) is 1. The highest BCUT2D eigenvalue weighted by molar-refractivity contribution is 7.98. The lowest BCUT2D eigenvalue weighted by Crippen LogP contribution is -2.16. The van der Waals surface area contributed by atoms with Gasteiger partial charge in [-0.15, -0.1) is 31.7 Å². The molecule has 4 aromatic rings. The number of rotatable bonds is 8. The van der Waals surface area contributed by atoms with Gasteiger partial charge in [-0.1, -0.05) is 30.8 Å². The number of halogens is 1. The number of para-hydroxylation sites is 1. The molecular formula is C19H19FN6O2S2. The van der Waals surface area contributed by atoms with Crippen LogP contribution in [0.3, 0.4) is 0 Å². The van der Waals surface area contributed by atoms with E-state index in [2.05, 4.69) is 40.3 Å². The number of thioether (sulfide) groups is 1. The van der Waals surface area contributed by atoms with Crippen molar-refractivity contribution in [2.45, 2.75) is 37.8 Å². The highest BCUT2D eigenvalue weighted by Crippen LogP contribution is 2.31. The molecule has 0 radical (unpaired) electrons. The van der Waals surface area contributed by atoms with E-state index in [0.717, 1.165) is 11.3 Å². The van der Waals surface area contributed by atoms with Crippen LogP contribution in [0.25, 0.3) is 10.8 Å². The monoisotopic (exact) mass is 446 g/mol. The predicted octanol–water partition coefficient (Wildman–Crippen LogP) is 3.98. The number of hydrogen-bond donors (Lipinski definition) is 1. The number of benzene rings is 1. The first kappa shape index (κ1) is 20.4.